The van der Waals surface area contributed by atoms with Crippen LogP contribution in [-0.2, 0) is 0 Å². The van der Waals surface area contributed by atoms with E-state index in [4.69, 9.17) is 34.8 Å². The molecule has 0 bridgehead atoms. The predicted molar refractivity (Wildman–Crippen MR) is 53.4 cm³/mol. The van der Waals surface area contributed by atoms with Crippen LogP contribution < -0.4 is 0 Å². The van der Waals surface area contributed by atoms with E-state index in [2.05, 4.69) is 6.92 Å². The Balaban J connectivity index is 3.04. The Morgan fingerprint density at radius 2 is 1.80 bits per heavy atom. The van der Waals surface area contributed by atoms with E-state index < -0.39 is 3.79 Å². The van der Waals surface area contributed by atoms with E-state index in [1.807, 2.05) is 0 Å². The minimum absolute atomic E-state index is 0.0781. The topological polar surface area (TPSA) is 0 Å². The van der Waals surface area contributed by atoms with E-state index in [-0.39, 0.29) is 9.52 Å². The average molecular weight is 220 g/mol. The second kappa shape index (κ2) is 5.70. The smallest absolute Gasteiger partial charge is 0.0837 e. The van der Waals surface area contributed by atoms with Crippen molar-refractivity contribution in [1.29, 1.82) is 0 Å². The van der Waals surface area contributed by atoms with Gasteiger partial charge < -0.3 is 0 Å². The van der Waals surface area contributed by atoms with Crippen LogP contribution in [0, 0.1) is 0 Å². The Kier molecular flexibility index (Phi) is 6.32. The van der Waals surface area contributed by atoms with Crippen molar-refractivity contribution >= 4 is 44.3 Å². The van der Waals surface area contributed by atoms with E-state index in [1.165, 1.54) is 12.5 Å². The molecule has 0 spiro atoms. The Bertz CT molecular complexity index is 79.6. The third-order valence-electron chi connectivity index (χ3n) is 1.31. The van der Waals surface area contributed by atoms with Crippen LogP contribution >= 0.6 is 34.8 Å². The maximum atomic E-state index is 5.57. The van der Waals surface area contributed by atoms with E-state index in [0.29, 0.717) is 0 Å². The summed E-state index contributed by atoms with van der Waals surface area (Å²) in [5.74, 6) is 0. The van der Waals surface area contributed by atoms with Gasteiger partial charge in [0.25, 0.3) is 0 Å². The summed E-state index contributed by atoms with van der Waals surface area (Å²) < 4.78 is -0.999. The van der Waals surface area contributed by atoms with E-state index in [9.17, 15) is 0 Å². The largest absolute Gasteiger partial charge is 0.190 e. The summed E-state index contributed by atoms with van der Waals surface area (Å²) in [4.78, 5) is 0. The van der Waals surface area contributed by atoms with Gasteiger partial charge in [-0.15, -0.1) is 0 Å². The van der Waals surface area contributed by atoms with Crippen molar-refractivity contribution in [3.05, 3.63) is 0 Å². The molecule has 0 aliphatic carbocycles. The molecule has 0 saturated carbocycles. The van der Waals surface area contributed by atoms with Gasteiger partial charge in [-0.3, -0.25) is 0 Å². The van der Waals surface area contributed by atoms with Crippen molar-refractivity contribution in [3.8, 4) is 0 Å². The van der Waals surface area contributed by atoms with Crippen LogP contribution in [0.5, 0.6) is 0 Å². The molecule has 0 aromatic rings. The van der Waals surface area contributed by atoms with Crippen LogP contribution in [0.2, 0.25) is 12.1 Å². The fraction of sp³-hybridized carbons (Fsp3) is 1.00. The van der Waals surface area contributed by atoms with E-state index in [1.54, 1.807) is 0 Å². The molecule has 0 aliphatic rings. The van der Waals surface area contributed by atoms with Gasteiger partial charge in [0.1, 0.15) is 0 Å². The average Bonchev–Trinajstić information content (AvgIpc) is 1.78. The Labute approximate surface area is 80.0 Å². The molecule has 0 aromatic heterocycles. The van der Waals surface area contributed by atoms with Gasteiger partial charge in [0.15, 0.2) is 3.79 Å². The Morgan fingerprint density at radius 1 is 1.20 bits per heavy atom. The van der Waals surface area contributed by atoms with Crippen LogP contribution in [0.15, 0.2) is 0 Å². The molecular formula is C6H13Cl3Si. The maximum Gasteiger partial charge on any atom is 0.190 e. The van der Waals surface area contributed by atoms with Gasteiger partial charge in [-0.25, -0.2) is 0 Å². The fourth-order valence-electron chi connectivity index (χ4n) is 0.752. The van der Waals surface area contributed by atoms with Crippen LogP contribution in [0.1, 0.15) is 19.8 Å². The summed E-state index contributed by atoms with van der Waals surface area (Å²) in [7, 11) is 0.0781. The molecule has 0 amide bonds. The second-order valence-corrected chi connectivity index (χ2v) is 7.06. The summed E-state index contributed by atoms with van der Waals surface area (Å²) in [6, 6.07) is 2.53. The zero-order valence-electron chi connectivity index (χ0n) is 6.17. The number of alkyl halides is 3. The zero-order chi connectivity index (χ0) is 8.04. The van der Waals surface area contributed by atoms with Crippen LogP contribution in [0.25, 0.3) is 0 Å². The van der Waals surface area contributed by atoms with Gasteiger partial charge >= 0.3 is 0 Å². The quantitative estimate of drug-likeness (QED) is 0.387. The van der Waals surface area contributed by atoms with Crippen molar-refractivity contribution in [2.24, 2.45) is 0 Å². The molecule has 0 unspecified atom stereocenters. The lowest BCUT2D eigenvalue weighted by Crippen LogP contribution is -2.03. The summed E-state index contributed by atoms with van der Waals surface area (Å²) in [5, 5.41) is 0. The summed E-state index contributed by atoms with van der Waals surface area (Å²) >= 11 is 16.7. The van der Waals surface area contributed by atoms with Crippen LogP contribution in [-0.4, -0.2) is 13.3 Å². The Morgan fingerprint density at radius 3 is 2.20 bits per heavy atom. The molecule has 0 nitrogen and oxygen atoms in total. The molecule has 0 rings (SSSR count). The highest BCUT2D eigenvalue weighted by molar-refractivity contribution is 6.67. The molecule has 0 radical (unpaired) electrons. The number of rotatable bonds is 4. The van der Waals surface area contributed by atoms with Gasteiger partial charge in [0.05, 0.1) is 0 Å². The SMILES string of the molecule is CCC[SiH2]CCC(Cl)(Cl)Cl. The fourth-order valence-corrected chi connectivity index (χ4v) is 3.46. The lowest BCUT2D eigenvalue weighted by atomic mass is 10.5. The molecule has 10 heavy (non-hydrogen) atoms. The molecule has 0 saturated heterocycles. The van der Waals surface area contributed by atoms with Gasteiger partial charge in [-0.05, 0) is 6.42 Å². The summed E-state index contributed by atoms with van der Waals surface area (Å²) in [6.07, 6.45) is 2.02. The molecule has 0 heterocycles. The van der Waals surface area contributed by atoms with Crippen molar-refractivity contribution in [1.82, 2.24) is 0 Å². The molecule has 62 valence electrons. The van der Waals surface area contributed by atoms with Crippen molar-refractivity contribution in [3.63, 3.8) is 0 Å². The predicted octanol–water partition coefficient (Wildman–Crippen LogP) is 3.16. The van der Waals surface area contributed by atoms with E-state index in [0.717, 1.165) is 12.5 Å². The van der Waals surface area contributed by atoms with Crippen molar-refractivity contribution in [2.75, 3.05) is 0 Å². The normalized spacial score (nSPS) is 13.2. The second-order valence-electron chi connectivity index (χ2n) is 2.43. The first kappa shape index (κ1) is 11.1. The monoisotopic (exact) mass is 218 g/mol. The Hall–Kier alpha value is 1.09. The molecule has 0 atom stereocenters. The van der Waals surface area contributed by atoms with Gasteiger partial charge in [0.2, 0.25) is 0 Å². The van der Waals surface area contributed by atoms with Crippen LogP contribution in [0.3, 0.4) is 0 Å². The van der Waals surface area contributed by atoms with Crippen molar-refractivity contribution in [2.45, 2.75) is 35.6 Å². The number of halogens is 3. The molecule has 0 aromatic carbocycles. The molecular weight excluding hydrogens is 207 g/mol. The lowest BCUT2D eigenvalue weighted by molar-refractivity contribution is 0.951. The molecule has 0 fully saturated rings. The number of hydrogen-bond donors (Lipinski definition) is 0. The first-order valence-corrected chi connectivity index (χ1v) is 6.76. The first-order valence-electron chi connectivity index (χ1n) is 3.63. The summed E-state index contributed by atoms with van der Waals surface area (Å²) in [5.41, 5.74) is 0. The van der Waals surface area contributed by atoms with Gasteiger partial charge in [0, 0.05) is 9.52 Å². The lowest BCUT2D eigenvalue weighted by Gasteiger charge is -2.08. The standard InChI is InChI=1S/C6H13Cl3Si/c1-2-4-10-5-3-6(7,8)9/h2-5,10H2,1H3. The highest BCUT2D eigenvalue weighted by Gasteiger charge is 2.17. The van der Waals surface area contributed by atoms with Crippen LogP contribution in [0.4, 0.5) is 0 Å². The van der Waals surface area contributed by atoms with E-state index >= 15 is 0 Å². The number of hydrogen-bond acceptors (Lipinski definition) is 0. The van der Waals surface area contributed by atoms with Gasteiger partial charge in [-0.1, -0.05) is 60.2 Å². The molecule has 4 heteroatoms. The zero-order valence-corrected chi connectivity index (χ0v) is 9.85. The molecule has 0 N–H and O–H groups in total. The highest BCUT2D eigenvalue weighted by Crippen LogP contribution is 2.31. The molecule has 0 aliphatic heterocycles. The third kappa shape index (κ3) is 9.09. The summed E-state index contributed by atoms with van der Waals surface area (Å²) in [6.45, 7) is 2.20. The first-order chi connectivity index (χ1) is 4.56. The minimum atomic E-state index is -0.999. The third-order valence-corrected chi connectivity index (χ3v) is 3.94. The van der Waals surface area contributed by atoms with Gasteiger partial charge in [-0.2, -0.15) is 0 Å². The maximum absolute atomic E-state index is 5.57. The highest BCUT2D eigenvalue weighted by atomic mass is 35.6. The minimum Gasteiger partial charge on any atom is -0.0837 e. The van der Waals surface area contributed by atoms with Crippen molar-refractivity contribution < 1.29 is 0 Å².